The van der Waals surface area contributed by atoms with Crippen LogP contribution in [-0.2, 0) is 19.4 Å². The van der Waals surface area contributed by atoms with E-state index in [2.05, 4.69) is 15.5 Å². The maximum atomic E-state index is 12.2. The summed E-state index contributed by atoms with van der Waals surface area (Å²) in [6.45, 7) is 0. The van der Waals surface area contributed by atoms with Crippen LogP contribution in [0, 0.1) is 0 Å². The van der Waals surface area contributed by atoms with Crippen molar-refractivity contribution in [3.8, 4) is 0 Å². The standard InChI is InChI=1S/C13H13N3O4S/c1-20-13(7-21(18,19)8-13)12(17)14-11-6-9-4-2-3-5-10(9)15-16-11/h2-6H,7-8H2,1H3,(H,14,16,17). The fourth-order valence-electron chi connectivity index (χ4n) is 2.29. The van der Waals surface area contributed by atoms with Gasteiger partial charge in [0.1, 0.15) is 0 Å². The molecule has 0 saturated carbocycles. The number of ether oxygens (including phenoxy) is 1. The average Bonchev–Trinajstić information content (AvgIpc) is 2.44. The zero-order valence-electron chi connectivity index (χ0n) is 11.2. The number of nitrogens with one attached hydrogen (secondary N) is 1. The van der Waals surface area contributed by atoms with Crippen molar-refractivity contribution in [3.63, 3.8) is 0 Å². The molecule has 0 bridgehead atoms. The summed E-state index contributed by atoms with van der Waals surface area (Å²) in [5.74, 6) is -0.893. The molecule has 1 saturated heterocycles. The number of carbonyl (C=O) groups excluding carboxylic acids is 1. The molecule has 1 aliphatic rings. The Labute approximate surface area is 121 Å². The number of carbonyl (C=O) groups is 1. The lowest BCUT2D eigenvalue weighted by atomic mass is 10.1. The molecule has 1 N–H and O–H groups in total. The number of hydrogen-bond acceptors (Lipinski definition) is 6. The highest BCUT2D eigenvalue weighted by atomic mass is 32.2. The van der Waals surface area contributed by atoms with Crippen LogP contribution in [0.2, 0.25) is 0 Å². The third-order valence-corrected chi connectivity index (χ3v) is 5.26. The van der Waals surface area contributed by atoms with Gasteiger partial charge in [-0.05, 0) is 12.1 Å². The molecule has 7 nitrogen and oxygen atoms in total. The third kappa shape index (κ3) is 2.47. The monoisotopic (exact) mass is 307 g/mol. The molecule has 1 aromatic carbocycles. The SMILES string of the molecule is COC1(C(=O)Nc2cc3ccccc3nn2)CS(=O)(=O)C1. The van der Waals surface area contributed by atoms with Crippen molar-refractivity contribution in [3.05, 3.63) is 30.3 Å². The minimum Gasteiger partial charge on any atom is -0.366 e. The lowest BCUT2D eigenvalue weighted by Gasteiger charge is -2.37. The molecule has 1 aliphatic heterocycles. The van der Waals surface area contributed by atoms with Gasteiger partial charge in [-0.2, -0.15) is 0 Å². The summed E-state index contributed by atoms with van der Waals surface area (Å²) in [6.07, 6.45) is 0. The number of sulfone groups is 1. The van der Waals surface area contributed by atoms with Gasteiger partial charge in [0.2, 0.25) is 0 Å². The molecule has 21 heavy (non-hydrogen) atoms. The maximum Gasteiger partial charge on any atom is 0.259 e. The molecule has 2 heterocycles. The van der Waals surface area contributed by atoms with E-state index in [0.29, 0.717) is 5.52 Å². The Kier molecular flexibility index (Phi) is 3.14. The van der Waals surface area contributed by atoms with Gasteiger partial charge in [0, 0.05) is 12.5 Å². The normalized spacial score (nSPS) is 18.9. The third-order valence-electron chi connectivity index (χ3n) is 3.45. The zero-order valence-corrected chi connectivity index (χ0v) is 12.1. The van der Waals surface area contributed by atoms with Crippen LogP contribution in [0.1, 0.15) is 0 Å². The summed E-state index contributed by atoms with van der Waals surface area (Å²) in [5, 5.41) is 11.3. The Morgan fingerprint density at radius 2 is 2.00 bits per heavy atom. The molecular weight excluding hydrogens is 294 g/mol. The molecule has 8 heteroatoms. The first-order chi connectivity index (χ1) is 9.94. The van der Waals surface area contributed by atoms with E-state index in [1.54, 1.807) is 6.07 Å². The van der Waals surface area contributed by atoms with E-state index in [4.69, 9.17) is 4.74 Å². The molecule has 1 aromatic heterocycles. The van der Waals surface area contributed by atoms with E-state index >= 15 is 0 Å². The molecule has 2 aromatic rings. The fraction of sp³-hybridized carbons (Fsp3) is 0.308. The molecule has 0 radical (unpaired) electrons. The summed E-state index contributed by atoms with van der Waals surface area (Å²) in [7, 11) is -1.88. The number of nitrogens with zero attached hydrogens (tertiary/aromatic N) is 2. The second kappa shape index (κ2) is 4.74. The number of methoxy groups -OCH3 is 1. The van der Waals surface area contributed by atoms with Crippen molar-refractivity contribution in [1.29, 1.82) is 0 Å². The minimum absolute atomic E-state index is 0.263. The van der Waals surface area contributed by atoms with Crippen LogP contribution in [0.5, 0.6) is 0 Å². The van der Waals surface area contributed by atoms with Crippen molar-refractivity contribution in [2.75, 3.05) is 23.9 Å². The molecule has 0 atom stereocenters. The second-order valence-electron chi connectivity index (χ2n) is 4.97. The Bertz CT molecular complexity index is 807. The van der Waals surface area contributed by atoms with Crippen molar-refractivity contribution in [2.24, 2.45) is 0 Å². The smallest absolute Gasteiger partial charge is 0.259 e. The summed E-state index contributed by atoms with van der Waals surface area (Å²) in [6, 6.07) is 9.03. The molecule has 110 valence electrons. The van der Waals surface area contributed by atoms with Gasteiger partial charge in [-0.25, -0.2) is 8.42 Å². The number of hydrogen-bond donors (Lipinski definition) is 1. The number of fused-ring (bicyclic) bond motifs is 1. The van der Waals surface area contributed by atoms with Crippen LogP contribution >= 0.6 is 0 Å². The van der Waals surface area contributed by atoms with Gasteiger partial charge >= 0.3 is 0 Å². The van der Waals surface area contributed by atoms with Crippen LogP contribution in [0.3, 0.4) is 0 Å². The van der Waals surface area contributed by atoms with Gasteiger partial charge < -0.3 is 10.1 Å². The minimum atomic E-state index is -3.20. The Hall–Kier alpha value is -2.06. The summed E-state index contributed by atoms with van der Waals surface area (Å²) in [5.41, 5.74) is -0.616. The van der Waals surface area contributed by atoms with Gasteiger partial charge in [-0.15, -0.1) is 10.2 Å². The van der Waals surface area contributed by atoms with E-state index in [-0.39, 0.29) is 17.3 Å². The number of benzene rings is 1. The molecule has 0 spiro atoms. The van der Waals surface area contributed by atoms with Crippen molar-refractivity contribution >= 4 is 32.5 Å². The number of rotatable bonds is 3. The quantitative estimate of drug-likeness (QED) is 0.880. The second-order valence-corrected chi connectivity index (χ2v) is 7.04. The molecule has 1 amide bonds. The highest BCUT2D eigenvalue weighted by Crippen LogP contribution is 2.28. The number of amides is 1. The largest absolute Gasteiger partial charge is 0.366 e. The lowest BCUT2D eigenvalue weighted by Crippen LogP contribution is -2.63. The number of aromatic nitrogens is 2. The van der Waals surface area contributed by atoms with Crippen LogP contribution in [0.25, 0.3) is 10.9 Å². The van der Waals surface area contributed by atoms with Crippen LogP contribution in [0.4, 0.5) is 5.82 Å². The van der Waals surface area contributed by atoms with Gasteiger partial charge in [0.25, 0.3) is 5.91 Å². The Morgan fingerprint density at radius 3 is 2.67 bits per heavy atom. The van der Waals surface area contributed by atoms with E-state index in [9.17, 15) is 13.2 Å². The van der Waals surface area contributed by atoms with Crippen LogP contribution in [-0.4, -0.2) is 48.7 Å². The Balaban J connectivity index is 1.83. The van der Waals surface area contributed by atoms with Gasteiger partial charge in [-0.3, -0.25) is 4.79 Å². The van der Waals surface area contributed by atoms with Crippen LogP contribution < -0.4 is 5.32 Å². The summed E-state index contributed by atoms with van der Waals surface area (Å²) < 4.78 is 27.7. The van der Waals surface area contributed by atoms with E-state index < -0.39 is 21.3 Å². The highest BCUT2D eigenvalue weighted by molar-refractivity contribution is 7.93. The van der Waals surface area contributed by atoms with Gasteiger partial charge in [0.15, 0.2) is 21.3 Å². The molecule has 1 fully saturated rings. The first-order valence-corrected chi connectivity index (χ1v) is 8.06. The summed E-state index contributed by atoms with van der Waals surface area (Å²) in [4.78, 5) is 12.2. The molecule has 3 rings (SSSR count). The molecular formula is C13H13N3O4S. The first kappa shape index (κ1) is 13.9. The van der Waals surface area contributed by atoms with E-state index in [0.717, 1.165) is 5.39 Å². The van der Waals surface area contributed by atoms with Crippen LogP contribution in [0.15, 0.2) is 30.3 Å². The zero-order chi connectivity index (χ0) is 15.1. The van der Waals surface area contributed by atoms with Crippen molar-refractivity contribution in [1.82, 2.24) is 10.2 Å². The fourth-order valence-corrected chi connectivity index (χ4v) is 4.12. The average molecular weight is 307 g/mol. The Morgan fingerprint density at radius 1 is 1.29 bits per heavy atom. The van der Waals surface area contributed by atoms with Gasteiger partial charge in [-0.1, -0.05) is 18.2 Å². The first-order valence-electron chi connectivity index (χ1n) is 6.24. The van der Waals surface area contributed by atoms with E-state index in [1.807, 2.05) is 24.3 Å². The van der Waals surface area contributed by atoms with E-state index in [1.165, 1.54) is 7.11 Å². The highest BCUT2D eigenvalue weighted by Gasteiger charge is 2.55. The predicted molar refractivity (Wildman–Crippen MR) is 76.6 cm³/mol. The molecule has 0 aliphatic carbocycles. The summed E-state index contributed by atoms with van der Waals surface area (Å²) >= 11 is 0. The number of anilines is 1. The topological polar surface area (TPSA) is 98.2 Å². The maximum absolute atomic E-state index is 12.2. The van der Waals surface area contributed by atoms with Crippen molar-refractivity contribution < 1.29 is 17.9 Å². The van der Waals surface area contributed by atoms with Gasteiger partial charge in [0.05, 0.1) is 17.0 Å². The lowest BCUT2D eigenvalue weighted by molar-refractivity contribution is -0.134. The van der Waals surface area contributed by atoms with Crippen molar-refractivity contribution in [2.45, 2.75) is 5.60 Å². The molecule has 0 unspecified atom stereocenters. The predicted octanol–water partition coefficient (Wildman–Crippen LogP) is 0.382.